The van der Waals surface area contributed by atoms with E-state index >= 15 is 0 Å². The molecule has 0 saturated heterocycles. The van der Waals surface area contributed by atoms with Crippen molar-refractivity contribution in [1.29, 1.82) is 0 Å². The molecule has 3 rings (SSSR count). The molecule has 0 bridgehead atoms. The van der Waals surface area contributed by atoms with Crippen LogP contribution in [0.4, 0.5) is 17.2 Å². The van der Waals surface area contributed by atoms with Gasteiger partial charge in [0.1, 0.15) is 5.15 Å². The Balaban J connectivity index is 1.90. The van der Waals surface area contributed by atoms with Crippen LogP contribution < -0.4 is 16.0 Å². The van der Waals surface area contributed by atoms with Crippen LogP contribution in [-0.4, -0.2) is 11.0 Å². The van der Waals surface area contributed by atoms with E-state index in [-0.39, 0.29) is 0 Å². The lowest BCUT2D eigenvalue weighted by Crippen LogP contribution is -2.18. The minimum absolute atomic E-state index is 0.423. The third-order valence-electron chi connectivity index (χ3n) is 3.65. The van der Waals surface area contributed by atoms with Gasteiger partial charge in [-0.05, 0) is 24.6 Å². The van der Waals surface area contributed by atoms with Crippen molar-refractivity contribution in [1.82, 2.24) is 4.98 Å². The molecule has 2 aromatic rings. The summed E-state index contributed by atoms with van der Waals surface area (Å²) in [4.78, 5) is 6.29. The molecule has 0 amide bonds. The monoisotopic (exact) mass is 314 g/mol. The number of benzene rings is 1. The summed E-state index contributed by atoms with van der Waals surface area (Å²) in [5.41, 5.74) is 8.88. The number of anilines is 3. The fourth-order valence-electron chi connectivity index (χ4n) is 2.31. The molecule has 114 valence electrons. The van der Waals surface area contributed by atoms with Gasteiger partial charge in [-0.1, -0.05) is 48.5 Å². The highest BCUT2D eigenvalue weighted by Gasteiger charge is 2.24. The lowest BCUT2D eigenvalue weighted by atomic mass is 10.2. The van der Waals surface area contributed by atoms with E-state index < -0.39 is 0 Å². The van der Waals surface area contributed by atoms with Crippen molar-refractivity contribution < 1.29 is 0 Å². The molecule has 22 heavy (non-hydrogen) atoms. The van der Waals surface area contributed by atoms with E-state index in [0.29, 0.717) is 29.2 Å². The standard InChI is InChI=1S/C17H19ClN4/c1-2-22(11-12-6-4-3-5-7-12)14-10-15(18)21-17(16(14)19)20-13-8-9-13/h2-7,10,13H,1,8-9,11,19H2,(H,20,21). The van der Waals surface area contributed by atoms with Gasteiger partial charge in [-0.25, -0.2) is 4.98 Å². The van der Waals surface area contributed by atoms with Gasteiger partial charge in [-0.2, -0.15) is 0 Å². The van der Waals surface area contributed by atoms with Crippen LogP contribution in [0.3, 0.4) is 0 Å². The number of halogens is 1. The molecule has 5 heteroatoms. The Morgan fingerprint density at radius 2 is 2.09 bits per heavy atom. The average molecular weight is 315 g/mol. The zero-order valence-corrected chi connectivity index (χ0v) is 13.1. The van der Waals surface area contributed by atoms with Crippen LogP contribution in [0.15, 0.2) is 49.2 Å². The van der Waals surface area contributed by atoms with Gasteiger partial charge < -0.3 is 16.0 Å². The molecule has 1 fully saturated rings. The van der Waals surface area contributed by atoms with Crippen LogP contribution in [0.1, 0.15) is 18.4 Å². The van der Waals surface area contributed by atoms with Crippen molar-refractivity contribution in [3.05, 3.63) is 59.9 Å². The van der Waals surface area contributed by atoms with Gasteiger partial charge in [0, 0.05) is 18.7 Å². The Labute approximate surface area is 135 Å². The number of nitrogens with one attached hydrogen (secondary N) is 1. The van der Waals surface area contributed by atoms with Crippen molar-refractivity contribution in [3.8, 4) is 0 Å². The van der Waals surface area contributed by atoms with Crippen LogP contribution in [0.2, 0.25) is 5.15 Å². The lowest BCUT2D eigenvalue weighted by molar-refractivity contribution is 0.968. The Bertz CT molecular complexity index is 668. The number of rotatable bonds is 6. The summed E-state index contributed by atoms with van der Waals surface area (Å²) in [7, 11) is 0. The number of pyridine rings is 1. The van der Waals surface area contributed by atoms with E-state index in [4.69, 9.17) is 17.3 Å². The number of hydrogen-bond donors (Lipinski definition) is 2. The van der Waals surface area contributed by atoms with E-state index in [0.717, 1.165) is 18.5 Å². The quantitative estimate of drug-likeness (QED) is 0.790. The molecule has 1 aromatic carbocycles. The average Bonchev–Trinajstić information content (AvgIpc) is 3.33. The maximum atomic E-state index is 6.29. The van der Waals surface area contributed by atoms with Gasteiger partial charge in [0.15, 0.2) is 5.82 Å². The summed E-state index contributed by atoms with van der Waals surface area (Å²) < 4.78 is 0. The Kier molecular flexibility index (Phi) is 4.20. The fourth-order valence-corrected chi connectivity index (χ4v) is 2.50. The third-order valence-corrected chi connectivity index (χ3v) is 3.84. The molecule has 0 spiro atoms. The topological polar surface area (TPSA) is 54.2 Å². The first-order valence-corrected chi connectivity index (χ1v) is 7.71. The maximum Gasteiger partial charge on any atom is 0.153 e. The largest absolute Gasteiger partial charge is 0.394 e. The summed E-state index contributed by atoms with van der Waals surface area (Å²) in [6.07, 6.45) is 4.06. The van der Waals surface area contributed by atoms with Gasteiger partial charge in [0.05, 0.1) is 11.4 Å². The maximum absolute atomic E-state index is 6.29. The number of aromatic nitrogens is 1. The van der Waals surface area contributed by atoms with E-state index in [1.165, 1.54) is 5.56 Å². The van der Waals surface area contributed by atoms with Crippen molar-refractivity contribution in [2.24, 2.45) is 0 Å². The van der Waals surface area contributed by atoms with Gasteiger partial charge in [-0.15, -0.1) is 0 Å². The van der Waals surface area contributed by atoms with Gasteiger partial charge >= 0.3 is 0 Å². The molecule has 1 aromatic heterocycles. The summed E-state index contributed by atoms with van der Waals surface area (Å²) >= 11 is 6.16. The predicted octanol–water partition coefficient (Wildman–Crippen LogP) is 4.04. The number of hydrogen-bond acceptors (Lipinski definition) is 4. The highest BCUT2D eigenvalue weighted by atomic mass is 35.5. The van der Waals surface area contributed by atoms with Crippen LogP contribution in [0.5, 0.6) is 0 Å². The van der Waals surface area contributed by atoms with E-state index in [2.05, 4.69) is 29.0 Å². The zero-order valence-electron chi connectivity index (χ0n) is 12.3. The van der Waals surface area contributed by atoms with Crippen LogP contribution in [-0.2, 0) is 6.54 Å². The second kappa shape index (κ2) is 6.28. The van der Waals surface area contributed by atoms with Crippen molar-refractivity contribution >= 4 is 28.8 Å². The molecule has 1 saturated carbocycles. The van der Waals surface area contributed by atoms with Crippen molar-refractivity contribution in [3.63, 3.8) is 0 Å². The van der Waals surface area contributed by atoms with E-state index in [9.17, 15) is 0 Å². The molecule has 0 atom stereocenters. The first-order valence-electron chi connectivity index (χ1n) is 7.33. The molecule has 4 nitrogen and oxygen atoms in total. The zero-order chi connectivity index (χ0) is 15.5. The summed E-state index contributed by atoms with van der Waals surface area (Å²) in [5.74, 6) is 0.657. The first kappa shape index (κ1) is 14.7. The number of nitrogens with two attached hydrogens (primary N) is 1. The minimum atomic E-state index is 0.423. The van der Waals surface area contributed by atoms with Gasteiger partial charge in [0.25, 0.3) is 0 Å². The summed E-state index contributed by atoms with van der Waals surface area (Å²) in [6, 6.07) is 12.4. The molecule has 3 N–H and O–H groups in total. The summed E-state index contributed by atoms with van der Waals surface area (Å²) in [5, 5.41) is 3.75. The Morgan fingerprint density at radius 3 is 2.73 bits per heavy atom. The summed E-state index contributed by atoms with van der Waals surface area (Å²) in [6.45, 7) is 4.57. The van der Waals surface area contributed by atoms with Gasteiger partial charge in [0.2, 0.25) is 0 Å². The van der Waals surface area contributed by atoms with Gasteiger partial charge in [-0.3, -0.25) is 0 Å². The second-order valence-corrected chi connectivity index (χ2v) is 5.83. The molecular weight excluding hydrogens is 296 g/mol. The van der Waals surface area contributed by atoms with Crippen LogP contribution >= 0.6 is 11.6 Å². The van der Waals surface area contributed by atoms with Crippen molar-refractivity contribution in [2.45, 2.75) is 25.4 Å². The second-order valence-electron chi connectivity index (χ2n) is 5.44. The molecule has 1 aliphatic carbocycles. The predicted molar refractivity (Wildman–Crippen MR) is 93.1 cm³/mol. The lowest BCUT2D eigenvalue weighted by Gasteiger charge is -2.23. The third kappa shape index (κ3) is 3.34. The van der Waals surface area contributed by atoms with Crippen molar-refractivity contribution in [2.75, 3.05) is 16.0 Å². The normalized spacial score (nSPS) is 13.7. The molecule has 0 radical (unpaired) electrons. The number of nitrogens with zero attached hydrogens (tertiary/aromatic N) is 2. The Hall–Kier alpha value is -2.20. The minimum Gasteiger partial charge on any atom is -0.394 e. The van der Waals surface area contributed by atoms with Crippen LogP contribution in [0, 0.1) is 0 Å². The molecule has 1 heterocycles. The fraction of sp³-hybridized carbons (Fsp3) is 0.235. The van der Waals surface area contributed by atoms with Crippen LogP contribution in [0.25, 0.3) is 0 Å². The molecular formula is C17H19ClN4. The smallest absolute Gasteiger partial charge is 0.153 e. The highest BCUT2D eigenvalue weighted by Crippen LogP contribution is 2.35. The molecule has 0 aliphatic heterocycles. The highest BCUT2D eigenvalue weighted by molar-refractivity contribution is 6.30. The number of nitrogen functional groups attached to an aromatic ring is 1. The molecule has 1 aliphatic rings. The first-order chi connectivity index (χ1) is 10.7. The van der Waals surface area contributed by atoms with E-state index in [1.54, 1.807) is 12.3 Å². The van der Waals surface area contributed by atoms with E-state index in [1.807, 2.05) is 23.1 Å². The Morgan fingerprint density at radius 1 is 1.36 bits per heavy atom. The SMILES string of the molecule is C=CN(Cc1ccccc1)c1cc(Cl)nc(NC2CC2)c1N. The molecule has 0 unspecified atom stereocenters.